The molecule has 0 N–H and O–H groups in total. The van der Waals surface area contributed by atoms with Gasteiger partial charge in [-0.25, -0.2) is 0 Å². The summed E-state index contributed by atoms with van der Waals surface area (Å²) in [6, 6.07) is 0.224. The minimum Gasteiger partial charge on any atom is -0.195 e. The number of piperidine rings is 1. The Labute approximate surface area is 125 Å². The van der Waals surface area contributed by atoms with E-state index in [1.165, 1.54) is 0 Å². The molecule has 6 heteroatoms. The van der Waals surface area contributed by atoms with E-state index in [-0.39, 0.29) is 6.04 Å². The van der Waals surface area contributed by atoms with Gasteiger partial charge in [0.25, 0.3) is 10.2 Å². The molecule has 2 rings (SSSR count). The quantitative estimate of drug-likeness (QED) is 0.713. The summed E-state index contributed by atoms with van der Waals surface area (Å²) in [6.45, 7) is 4.18. The normalized spacial score (nSPS) is 24.4. The lowest BCUT2D eigenvalue weighted by Gasteiger charge is -2.36. The Morgan fingerprint density at radius 2 is 1.74 bits per heavy atom. The van der Waals surface area contributed by atoms with E-state index in [9.17, 15) is 8.42 Å². The summed E-state index contributed by atoms with van der Waals surface area (Å²) in [7, 11) is -3.26. The van der Waals surface area contributed by atoms with E-state index in [0.717, 1.165) is 38.5 Å². The fourth-order valence-electron chi connectivity index (χ4n) is 3.13. The van der Waals surface area contributed by atoms with Gasteiger partial charge < -0.3 is 0 Å². The van der Waals surface area contributed by atoms with Crippen LogP contribution < -0.4 is 0 Å². The van der Waals surface area contributed by atoms with Gasteiger partial charge >= 0.3 is 0 Å². The predicted octanol–water partition coefficient (Wildman–Crippen LogP) is 2.60. The van der Waals surface area contributed by atoms with Gasteiger partial charge in [-0.05, 0) is 31.6 Å². The first-order valence-corrected chi connectivity index (χ1v) is 9.90. The highest BCUT2D eigenvalue weighted by atomic mass is 79.9. The summed E-state index contributed by atoms with van der Waals surface area (Å²) in [5, 5.41) is 0.715. The molecule has 0 aromatic rings. The van der Waals surface area contributed by atoms with Gasteiger partial charge in [-0.1, -0.05) is 35.7 Å². The summed E-state index contributed by atoms with van der Waals surface area (Å²) >= 11 is 3.40. The maximum Gasteiger partial charge on any atom is 0.282 e. The van der Waals surface area contributed by atoms with Crippen molar-refractivity contribution in [3.63, 3.8) is 0 Å². The van der Waals surface area contributed by atoms with Crippen molar-refractivity contribution in [3.8, 4) is 0 Å². The van der Waals surface area contributed by atoms with Gasteiger partial charge in [-0.15, -0.1) is 0 Å². The van der Waals surface area contributed by atoms with E-state index in [2.05, 4.69) is 22.9 Å². The SMILES string of the molecule is CC1CCN(S(=O)(=O)N(CCBr)C2CCCC2)CC1. The van der Waals surface area contributed by atoms with E-state index in [1.54, 1.807) is 8.61 Å². The largest absolute Gasteiger partial charge is 0.282 e. The molecule has 2 fully saturated rings. The Kier molecular flexibility index (Phi) is 5.69. The zero-order chi connectivity index (χ0) is 13.9. The van der Waals surface area contributed by atoms with Crippen molar-refractivity contribution < 1.29 is 8.42 Å². The molecule has 0 unspecified atom stereocenters. The molecule has 1 saturated carbocycles. The molecule has 1 saturated heterocycles. The van der Waals surface area contributed by atoms with Crippen LogP contribution in [0.25, 0.3) is 0 Å². The Morgan fingerprint density at radius 1 is 1.16 bits per heavy atom. The highest BCUT2D eigenvalue weighted by Crippen LogP contribution is 2.28. The smallest absolute Gasteiger partial charge is 0.195 e. The van der Waals surface area contributed by atoms with Gasteiger partial charge in [0.15, 0.2) is 0 Å². The van der Waals surface area contributed by atoms with Crippen molar-refractivity contribution in [2.24, 2.45) is 5.92 Å². The first-order valence-electron chi connectivity index (χ1n) is 7.38. The summed E-state index contributed by atoms with van der Waals surface area (Å²) in [6.07, 6.45) is 6.36. The van der Waals surface area contributed by atoms with Crippen LogP contribution in [0.5, 0.6) is 0 Å². The number of rotatable bonds is 5. The first kappa shape index (κ1) is 15.7. The topological polar surface area (TPSA) is 40.6 Å². The second-order valence-electron chi connectivity index (χ2n) is 5.83. The average Bonchev–Trinajstić information content (AvgIpc) is 2.89. The summed E-state index contributed by atoms with van der Waals surface area (Å²) in [4.78, 5) is 0. The van der Waals surface area contributed by atoms with E-state index in [4.69, 9.17) is 0 Å². The molecule has 0 atom stereocenters. The average molecular weight is 353 g/mol. The Morgan fingerprint density at radius 3 is 2.26 bits per heavy atom. The van der Waals surface area contributed by atoms with Crippen molar-refractivity contribution >= 4 is 26.1 Å². The molecule has 112 valence electrons. The molecule has 0 radical (unpaired) electrons. The predicted molar refractivity (Wildman–Crippen MR) is 81.6 cm³/mol. The Hall–Kier alpha value is 0.350. The molecule has 1 heterocycles. The Balaban J connectivity index is 2.09. The number of hydrogen-bond acceptors (Lipinski definition) is 2. The van der Waals surface area contributed by atoms with Crippen molar-refractivity contribution in [2.75, 3.05) is 25.0 Å². The van der Waals surface area contributed by atoms with E-state index >= 15 is 0 Å². The molecule has 0 amide bonds. The van der Waals surface area contributed by atoms with Crippen molar-refractivity contribution in [3.05, 3.63) is 0 Å². The van der Waals surface area contributed by atoms with Crippen LogP contribution in [0.1, 0.15) is 45.4 Å². The second kappa shape index (κ2) is 6.87. The van der Waals surface area contributed by atoms with Crippen LogP contribution >= 0.6 is 15.9 Å². The minimum atomic E-state index is -3.26. The number of halogens is 1. The fourth-order valence-corrected chi connectivity index (χ4v) is 5.62. The maximum atomic E-state index is 12.8. The maximum absolute atomic E-state index is 12.8. The van der Waals surface area contributed by atoms with Gasteiger partial charge in [0.05, 0.1) is 0 Å². The summed E-state index contributed by atoms with van der Waals surface area (Å²) in [5.41, 5.74) is 0. The van der Waals surface area contributed by atoms with Crippen LogP contribution in [0.15, 0.2) is 0 Å². The van der Waals surface area contributed by atoms with Gasteiger partial charge in [-0.3, -0.25) is 0 Å². The zero-order valence-corrected chi connectivity index (χ0v) is 14.1. The molecule has 19 heavy (non-hydrogen) atoms. The summed E-state index contributed by atoms with van der Waals surface area (Å²) in [5.74, 6) is 0.655. The molecule has 2 aliphatic rings. The van der Waals surface area contributed by atoms with Crippen molar-refractivity contribution in [2.45, 2.75) is 51.5 Å². The number of nitrogens with zero attached hydrogens (tertiary/aromatic N) is 2. The lowest BCUT2D eigenvalue weighted by molar-refractivity contribution is 0.248. The van der Waals surface area contributed by atoms with E-state index in [0.29, 0.717) is 30.9 Å². The molecule has 0 aromatic carbocycles. The molecule has 0 aromatic heterocycles. The molecule has 4 nitrogen and oxygen atoms in total. The second-order valence-corrected chi connectivity index (χ2v) is 8.50. The molecule has 0 bridgehead atoms. The lowest BCUT2D eigenvalue weighted by Crippen LogP contribution is -2.50. The van der Waals surface area contributed by atoms with Crippen LogP contribution in [0.3, 0.4) is 0 Å². The third-order valence-electron chi connectivity index (χ3n) is 4.40. The molecular weight excluding hydrogens is 328 g/mol. The van der Waals surface area contributed by atoms with Gasteiger partial charge in [0, 0.05) is 31.0 Å². The van der Waals surface area contributed by atoms with Gasteiger partial charge in [0.1, 0.15) is 0 Å². The van der Waals surface area contributed by atoms with E-state index in [1.807, 2.05) is 0 Å². The minimum absolute atomic E-state index is 0.224. The third-order valence-corrected chi connectivity index (χ3v) is 6.85. The standard InChI is InChI=1S/C13H25BrN2O2S/c1-12-6-9-15(10-7-12)19(17,18)16(11-8-14)13-4-2-3-5-13/h12-13H,2-11H2,1H3. The third kappa shape index (κ3) is 3.71. The molecule has 1 aliphatic heterocycles. The highest BCUT2D eigenvalue weighted by molar-refractivity contribution is 9.09. The highest BCUT2D eigenvalue weighted by Gasteiger charge is 2.36. The van der Waals surface area contributed by atoms with Crippen LogP contribution in [-0.4, -0.2) is 48.0 Å². The number of alkyl halides is 1. The first-order chi connectivity index (χ1) is 9.05. The number of hydrogen-bond donors (Lipinski definition) is 0. The lowest BCUT2D eigenvalue weighted by atomic mass is 10.0. The zero-order valence-electron chi connectivity index (χ0n) is 11.7. The van der Waals surface area contributed by atoms with Gasteiger partial charge in [-0.2, -0.15) is 17.0 Å². The van der Waals surface area contributed by atoms with Gasteiger partial charge in [0.2, 0.25) is 0 Å². The Bertz CT molecular complexity index is 374. The molecule has 0 spiro atoms. The summed E-state index contributed by atoms with van der Waals surface area (Å²) < 4.78 is 29.1. The van der Waals surface area contributed by atoms with Crippen LogP contribution in [-0.2, 0) is 10.2 Å². The van der Waals surface area contributed by atoms with Crippen molar-refractivity contribution in [1.29, 1.82) is 0 Å². The molecular formula is C13H25BrN2O2S. The van der Waals surface area contributed by atoms with Crippen LogP contribution in [0, 0.1) is 5.92 Å². The van der Waals surface area contributed by atoms with E-state index < -0.39 is 10.2 Å². The van der Waals surface area contributed by atoms with Crippen LogP contribution in [0.2, 0.25) is 0 Å². The fraction of sp³-hybridized carbons (Fsp3) is 1.00. The van der Waals surface area contributed by atoms with Crippen LogP contribution in [0.4, 0.5) is 0 Å². The van der Waals surface area contributed by atoms with Crippen molar-refractivity contribution in [1.82, 2.24) is 8.61 Å². The molecule has 1 aliphatic carbocycles. The monoisotopic (exact) mass is 352 g/mol.